The molecule has 0 unspecified atom stereocenters. The molecule has 0 rings (SSSR count). The topological polar surface area (TPSA) is 17.1 Å². The van der Waals surface area contributed by atoms with E-state index in [-0.39, 0.29) is 5.92 Å². The van der Waals surface area contributed by atoms with Crippen molar-refractivity contribution in [3.05, 3.63) is 0 Å². The van der Waals surface area contributed by atoms with E-state index in [0.717, 1.165) is 12.7 Å². The molecule has 0 spiro atoms. The summed E-state index contributed by atoms with van der Waals surface area (Å²) >= 11 is 0. The molecular formula is C13H26O. The van der Waals surface area contributed by atoms with Crippen molar-refractivity contribution in [2.75, 3.05) is 0 Å². The van der Waals surface area contributed by atoms with Crippen molar-refractivity contribution in [2.45, 2.75) is 71.6 Å². The van der Waals surface area contributed by atoms with Crippen LogP contribution in [0.1, 0.15) is 71.6 Å². The molecule has 0 heterocycles. The summed E-state index contributed by atoms with van der Waals surface area (Å²) in [6, 6.07) is 0. The van der Waals surface area contributed by atoms with Gasteiger partial charge in [-0.1, -0.05) is 65.2 Å². The van der Waals surface area contributed by atoms with Crippen molar-refractivity contribution in [1.29, 1.82) is 0 Å². The average molecular weight is 198 g/mol. The van der Waals surface area contributed by atoms with Gasteiger partial charge < -0.3 is 4.79 Å². The van der Waals surface area contributed by atoms with Crippen LogP contribution >= 0.6 is 0 Å². The van der Waals surface area contributed by atoms with Crippen LogP contribution in [0.25, 0.3) is 0 Å². The van der Waals surface area contributed by atoms with Gasteiger partial charge in [-0.15, -0.1) is 0 Å². The lowest BCUT2D eigenvalue weighted by molar-refractivity contribution is -0.110. The number of carbonyl (C=O) groups is 1. The van der Waals surface area contributed by atoms with Gasteiger partial charge in [-0.3, -0.25) is 0 Å². The van der Waals surface area contributed by atoms with Crippen LogP contribution in [0.15, 0.2) is 0 Å². The van der Waals surface area contributed by atoms with Crippen LogP contribution in [0.3, 0.4) is 0 Å². The Morgan fingerprint density at radius 2 is 1.43 bits per heavy atom. The Balaban J connectivity index is 2.95. The van der Waals surface area contributed by atoms with E-state index in [1.165, 1.54) is 51.4 Å². The molecule has 0 bridgehead atoms. The fourth-order valence-electron chi connectivity index (χ4n) is 1.67. The first-order valence-corrected chi connectivity index (χ1v) is 6.26. The van der Waals surface area contributed by atoms with Crippen molar-refractivity contribution < 1.29 is 4.79 Å². The molecule has 0 radical (unpaired) electrons. The van der Waals surface area contributed by atoms with Crippen molar-refractivity contribution >= 4 is 6.29 Å². The SMILES string of the molecule is CCCCCCCCCC[C@@H](C)C=O. The van der Waals surface area contributed by atoms with Gasteiger partial charge in [-0.05, 0) is 6.42 Å². The Kier molecular flexibility index (Phi) is 10.5. The van der Waals surface area contributed by atoms with E-state index in [9.17, 15) is 4.79 Å². The fourth-order valence-corrected chi connectivity index (χ4v) is 1.67. The molecular weight excluding hydrogens is 172 g/mol. The van der Waals surface area contributed by atoms with Gasteiger partial charge in [0.05, 0.1) is 0 Å². The first-order chi connectivity index (χ1) is 6.81. The van der Waals surface area contributed by atoms with Gasteiger partial charge in [-0.2, -0.15) is 0 Å². The molecule has 84 valence electrons. The molecule has 0 aliphatic rings. The molecule has 1 heteroatoms. The Labute approximate surface area is 89.3 Å². The maximum Gasteiger partial charge on any atom is 0.122 e. The fraction of sp³-hybridized carbons (Fsp3) is 0.923. The molecule has 0 aromatic heterocycles. The quantitative estimate of drug-likeness (QED) is 0.377. The van der Waals surface area contributed by atoms with Crippen molar-refractivity contribution in [2.24, 2.45) is 5.92 Å². The molecule has 0 aromatic rings. The summed E-state index contributed by atoms with van der Waals surface area (Å²) in [7, 11) is 0. The van der Waals surface area contributed by atoms with E-state index in [4.69, 9.17) is 0 Å². The van der Waals surface area contributed by atoms with Crippen LogP contribution in [0.4, 0.5) is 0 Å². The minimum absolute atomic E-state index is 0.273. The summed E-state index contributed by atoms with van der Waals surface area (Å²) in [5.41, 5.74) is 0. The Hall–Kier alpha value is -0.330. The van der Waals surface area contributed by atoms with Crippen LogP contribution in [-0.2, 0) is 4.79 Å². The van der Waals surface area contributed by atoms with E-state index in [1.54, 1.807) is 0 Å². The smallest absolute Gasteiger partial charge is 0.122 e. The molecule has 0 aliphatic heterocycles. The van der Waals surface area contributed by atoms with Gasteiger partial charge in [-0.25, -0.2) is 0 Å². The highest BCUT2D eigenvalue weighted by atomic mass is 16.1. The zero-order valence-electron chi connectivity index (χ0n) is 9.93. The predicted octanol–water partition coefficient (Wildman–Crippen LogP) is 4.35. The summed E-state index contributed by atoms with van der Waals surface area (Å²) in [6.07, 6.45) is 13.0. The average Bonchev–Trinajstić information content (AvgIpc) is 2.21. The summed E-state index contributed by atoms with van der Waals surface area (Å²) in [4.78, 5) is 10.3. The molecule has 1 nitrogen and oxygen atoms in total. The molecule has 0 aromatic carbocycles. The van der Waals surface area contributed by atoms with Crippen LogP contribution in [0.5, 0.6) is 0 Å². The Bertz CT molecular complexity index is 120. The number of rotatable bonds is 10. The number of hydrogen-bond donors (Lipinski definition) is 0. The zero-order valence-corrected chi connectivity index (χ0v) is 9.93. The zero-order chi connectivity index (χ0) is 10.6. The lowest BCUT2D eigenvalue weighted by atomic mass is 10.0. The second-order valence-electron chi connectivity index (χ2n) is 4.38. The standard InChI is InChI=1S/C13H26O/c1-3-4-5-6-7-8-9-10-11-13(2)12-14/h12-13H,3-11H2,1-2H3/t13-/m1/s1. The van der Waals surface area contributed by atoms with Crippen LogP contribution in [0, 0.1) is 5.92 Å². The van der Waals surface area contributed by atoms with Crippen LogP contribution in [-0.4, -0.2) is 6.29 Å². The number of hydrogen-bond acceptors (Lipinski definition) is 1. The first kappa shape index (κ1) is 13.7. The summed E-state index contributed by atoms with van der Waals surface area (Å²) in [6.45, 7) is 4.26. The van der Waals surface area contributed by atoms with E-state index >= 15 is 0 Å². The second-order valence-corrected chi connectivity index (χ2v) is 4.38. The van der Waals surface area contributed by atoms with Gasteiger partial charge in [0.15, 0.2) is 0 Å². The first-order valence-electron chi connectivity index (χ1n) is 6.26. The largest absolute Gasteiger partial charge is 0.303 e. The van der Waals surface area contributed by atoms with Crippen molar-refractivity contribution in [3.63, 3.8) is 0 Å². The van der Waals surface area contributed by atoms with E-state index in [0.29, 0.717) is 0 Å². The third-order valence-corrected chi connectivity index (χ3v) is 2.75. The lowest BCUT2D eigenvalue weighted by Gasteiger charge is -2.03. The van der Waals surface area contributed by atoms with Gasteiger partial charge in [0.1, 0.15) is 6.29 Å². The highest BCUT2D eigenvalue weighted by Crippen LogP contribution is 2.11. The third-order valence-electron chi connectivity index (χ3n) is 2.75. The number of unbranched alkanes of at least 4 members (excludes halogenated alkanes) is 7. The van der Waals surface area contributed by atoms with E-state index < -0.39 is 0 Å². The number of carbonyl (C=O) groups excluding carboxylic acids is 1. The summed E-state index contributed by atoms with van der Waals surface area (Å²) in [5.74, 6) is 0.273. The number of aldehydes is 1. The van der Waals surface area contributed by atoms with Gasteiger partial charge >= 0.3 is 0 Å². The second kappa shape index (κ2) is 10.7. The summed E-state index contributed by atoms with van der Waals surface area (Å²) < 4.78 is 0. The van der Waals surface area contributed by atoms with Gasteiger partial charge in [0.25, 0.3) is 0 Å². The van der Waals surface area contributed by atoms with Crippen molar-refractivity contribution in [1.82, 2.24) is 0 Å². The highest BCUT2D eigenvalue weighted by Gasteiger charge is 1.98. The monoisotopic (exact) mass is 198 g/mol. The molecule has 0 N–H and O–H groups in total. The maximum atomic E-state index is 10.3. The van der Waals surface area contributed by atoms with E-state index in [1.807, 2.05) is 6.92 Å². The maximum absolute atomic E-state index is 10.3. The lowest BCUT2D eigenvalue weighted by Crippen LogP contribution is -1.94. The molecule has 0 aliphatic carbocycles. The van der Waals surface area contributed by atoms with Crippen molar-refractivity contribution in [3.8, 4) is 0 Å². The van der Waals surface area contributed by atoms with Gasteiger partial charge in [0, 0.05) is 5.92 Å². The van der Waals surface area contributed by atoms with Gasteiger partial charge in [0.2, 0.25) is 0 Å². The minimum atomic E-state index is 0.273. The van der Waals surface area contributed by atoms with E-state index in [2.05, 4.69) is 6.92 Å². The molecule has 0 saturated heterocycles. The molecule has 0 saturated carbocycles. The third kappa shape index (κ3) is 9.76. The molecule has 0 amide bonds. The normalized spacial score (nSPS) is 12.7. The molecule has 14 heavy (non-hydrogen) atoms. The molecule has 1 atom stereocenters. The van der Waals surface area contributed by atoms with Crippen LogP contribution in [0.2, 0.25) is 0 Å². The summed E-state index contributed by atoms with van der Waals surface area (Å²) in [5, 5.41) is 0. The molecule has 0 fully saturated rings. The highest BCUT2D eigenvalue weighted by molar-refractivity contribution is 5.52. The Morgan fingerprint density at radius 3 is 1.93 bits per heavy atom. The Morgan fingerprint density at radius 1 is 0.929 bits per heavy atom. The van der Waals surface area contributed by atoms with Crippen LogP contribution < -0.4 is 0 Å². The minimum Gasteiger partial charge on any atom is -0.303 e. The predicted molar refractivity (Wildman–Crippen MR) is 62.5 cm³/mol.